The molecule has 0 aliphatic carbocycles. The van der Waals surface area contributed by atoms with Gasteiger partial charge in [-0.05, 0) is 29.2 Å². The van der Waals surface area contributed by atoms with Crippen LogP contribution in [0.25, 0.3) is 11.1 Å². The molecule has 0 aromatic heterocycles. The first-order valence-electron chi connectivity index (χ1n) is 6.36. The lowest BCUT2D eigenvalue weighted by molar-refractivity contribution is -0.113. The lowest BCUT2D eigenvalue weighted by Crippen LogP contribution is -2.09. The zero-order valence-electron chi connectivity index (χ0n) is 11.1. The van der Waals surface area contributed by atoms with Crippen molar-refractivity contribution in [2.45, 2.75) is 20.3 Å². The molecule has 0 saturated carbocycles. The predicted octanol–water partition coefficient (Wildman–Crippen LogP) is 3.69. The van der Waals surface area contributed by atoms with E-state index in [9.17, 15) is 9.59 Å². The SMILES string of the molecule is CCc1ccc(-c2cccc(C(=O)C(C)=O)c2)cc1. The molecule has 0 bridgehead atoms. The van der Waals surface area contributed by atoms with E-state index in [-0.39, 0.29) is 0 Å². The van der Waals surface area contributed by atoms with E-state index in [2.05, 4.69) is 19.1 Å². The summed E-state index contributed by atoms with van der Waals surface area (Å²) in [7, 11) is 0. The van der Waals surface area contributed by atoms with E-state index in [1.54, 1.807) is 18.2 Å². The number of Topliss-reactive ketones (excluding diaryl/α,β-unsaturated/α-hetero) is 2. The molecule has 2 heteroatoms. The van der Waals surface area contributed by atoms with Crippen LogP contribution in [0.1, 0.15) is 29.8 Å². The Morgan fingerprint density at radius 3 is 2.21 bits per heavy atom. The van der Waals surface area contributed by atoms with Gasteiger partial charge < -0.3 is 0 Å². The third kappa shape index (κ3) is 2.97. The highest BCUT2D eigenvalue weighted by atomic mass is 16.2. The van der Waals surface area contributed by atoms with Gasteiger partial charge >= 0.3 is 0 Å². The number of carbonyl (C=O) groups excluding carboxylic acids is 2. The van der Waals surface area contributed by atoms with Crippen LogP contribution in [0.4, 0.5) is 0 Å². The van der Waals surface area contributed by atoms with E-state index in [1.807, 2.05) is 18.2 Å². The largest absolute Gasteiger partial charge is 0.291 e. The number of benzene rings is 2. The smallest absolute Gasteiger partial charge is 0.228 e. The summed E-state index contributed by atoms with van der Waals surface area (Å²) in [6.45, 7) is 3.41. The van der Waals surface area contributed by atoms with Crippen molar-refractivity contribution in [3.63, 3.8) is 0 Å². The second-order valence-electron chi connectivity index (χ2n) is 4.52. The molecule has 0 spiro atoms. The molecule has 0 heterocycles. The van der Waals surface area contributed by atoms with Gasteiger partial charge in [0.2, 0.25) is 5.78 Å². The number of rotatable bonds is 4. The Morgan fingerprint density at radius 1 is 0.947 bits per heavy atom. The number of hydrogen-bond donors (Lipinski definition) is 0. The highest BCUT2D eigenvalue weighted by Gasteiger charge is 2.11. The van der Waals surface area contributed by atoms with Crippen molar-refractivity contribution in [2.24, 2.45) is 0 Å². The Balaban J connectivity index is 2.37. The second kappa shape index (κ2) is 5.61. The van der Waals surface area contributed by atoms with Crippen LogP contribution < -0.4 is 0 Å². The molecular weight excluding hydrogens is 236 g/mol. The monoisotopic (exact) mass is 252 g/mol. The maximum Gasteiger partial charge on any atom is 0.228 e. The summed E-state index contributed by atoms with van der Waals surface area (Å²) < 4.78 is 0. The van der Waals surface area contributed by atoms with Gasteiger partial charge in [0.05, 0.1) is 0 Å². The minimum atomic E-state index is -0.438. The van der Waals surface area contributed by atoms with Gasteiger partial charge in [-0.3, -0.25) is 9.59 Å². The predicted molar refractivity (Wildman–Crippen MR) is 76.3 cm³/mol. The van der Waals surface area contributed by atoms with Gasteiger partial charge in [-0.2, -0.15) is 0 Å². The number of ketones is 2. The third-order valence-corrected chi connectivity index (χ3v) is 3.14. The molecule has 0 N–H and O–H groups in total. The number of hydrogen-bond acceptors (Lipinski definition) is 2. The highest BCUT2D eigenvalue weighted by Crippen LogP contribution is 2.21. The topological polar surface area (TPSA) is 34.1 Å². The summed E-state index contributed by atoms with van der Waals surface area (Å²) in [5.74, 6) is -0.870. The summed E-state index contributed by atoms with van der Waals surface area (Å²) >= 11 is 0. The standard InChI is InChI=1S/C17H16O2/c1-3-13-7-9-14(10-8-13)15-5-4-6-16(11-15)17(19)12(2)18/h4-11H,3H2,1-2H3. The summed E-state index contributed by atoms with van der Waals surface area (Å²) in [6, 6.07) is 15.4. The summed E-state index contributed by atoms with van der Waals surface area (Å²) in [4.78, 5) is 22.8. The Kier molecular flexibility index (Phi) is 3.91. The van der Waals surface area contributed by atoms with E-state index in [1.165, 1.54) is 12.5 Å². The van der Waals surface area contributed by atoms with Crippen molar-refractivity contribution in [1.82, 2.24) is 0 Å². The second-order valence-corrected chi connectivity index (χ2v) is 4.52. The molecule has 0 atom stereocenters. The Morgan fingerprint density at radius 2 is 1.63 bits per heavy atom. The minimum absolute atomic E-state index is 0.432. The van der Waals surface area contributed by atoms with E-state index in [4.69, 9.17) is 0 Å². The number of aryl methyl sites for hydroxylation is 1. The summed E-state index contributed by atoms with van der Waals surface area (Å²) in [5, 5.41) is 0. The maximum absolute atomic E-state index is 11.7. The van der Waals surface area contributed by atoms with E-state index in [0.29, 0.717) is 5.56 Å². The molecule has 0 aliphatic heterocycles. The molecule has 2 aromatic carbocycles. The van der Waals surface area contributed by atoms with Crippen LogP contribution in [-0.2, 0) is 11.2 Å². The Bertz CT molecular complexity index is 609. The van der Waals surface area contributed by atoms with Crippen LogP contribution in [-0.4, -0.2) is 11.6 Å². The molecule has 96 valence electrons. The van der Waals surface area contributed by atoms with Crippen molar-refractivity contribution in [3.05, 3.63) is 59.7 Å². The third-order valence-electron chi connectivity index (χ3n) is 3.14. The zero-order valence-corrected chi connectivity index (χ0v) is 11.1. The highest BCUT2D eigenvalue weighted by molar-refractivity contribution is 6.43. The van der Waals surface area contributed by atoms with Crippen molar-refractivity contribution >= 4 is 11.6 Å². The Hall–Kier alpha value is -2.22. The van der Waals surface area contributed by atoms with Crippen LogP contribution in [0.3, 0.4) is 0 Å². The van der Waals surface area contributed by atoms with Crippen molar-refractivity contribution in [1.29, 1.82) is 0 Å². The molecule has 19 heavy (non-hydrogen) atoms. The van der Waals surface area contributed by atoms with Crippen molar-refractivity contribution in [3.8, 4) is 11.1 Å². The van der Waals surface area contributed by atoms with Crippen molar-refractivity contribution < 1.29 is 9.59 Å². The lowest BCUT2D eigenvalue weighted by Gasteiger charge is -2.05. The van der Waals surface area contributed by atoms with Crippen LogP contribution in [0.5, 0.6) is 0 Å². The molecule has 0 unspecified atom stereocenters. The van der Waals surface area contributed by atoms with Gasteiger partial charge in [-0.25, -0.2) is 0 Å². The Labute approximate surface area is 113 Å². The van der Waals surface area contributed by atoms with Crippen LogP contribution >= 0.6 is 0 Å². The van der Waals surface area contributed by atoms with Gasteiger partial charge in [0.25, 0.3) is 0 Å². The van der Waals surface area contributed by atoms with Crippen LogP contribution in [0.2, 0.25) is 0 Å². The first-order valence-corrected chi connectivity index (χ1v) is 6.36. The van der Waals surface area contributed by atoms with Crippen LogP contribution in [0, 0.1) is 0 Å². The molecule has 0 aliphatic rings. The normalized spacial score (nSPS) is 10.2. The molecule has 0 radical (unpaired) electrons. The van der Waals surface area contributed by atoms with Gasteiger partial charge in [0.1, 0.15) is 0 Å². The quantitative estimate of drug-likeness (QED) is 0.614. The molecular formula is C17H16O2. The van der Waals surface area contributed by atoms with Crippen LogP contribution in [0.15, 0.2) is 48.5 Å². The van der Waals surface area contributed by atoms with Crippen molar-refractivity contribution in [2.75, 3.05) is 0 Å². The fourth-order valence-electron chi connectivity index (χ4n) is 1.98. The molecule has 0 amide bonds. The lowest BCUT2D eigenvalue weighted by atomic mass is 9.99. The minimum Gasteiger partial charge on any atom is -0.291 e. The molecule has 2 nitrogen and oxygen atoms in total. The van der Waals surface area contributed by atoms with Gasteiger partial charge in [0, 0.05) is 12.5 Å². The van der Waals surface area contributed by atoms with Gasteiger partial charge in [0.15, 0.2) is 5.78 Å². The summed E-state index contributed by atoms with van der Waals surface area (Å²) in [6.07, 6.45) is 1.00. The maximum atomic E-state index is 11.7. The average molecular weight is 252 g/mol. The average Bonchev–Trinajstić information content (AvgIpc) is 2.46. The zero-order chi connectivity index (χ0) is 13.8. The molecule has 2 aromatic rings. The molecule has 2 rings (SSSR count). The van der Waals surface area contributed by atoms with E-state index in [0.717, 1.165) is 17.5 Å². The fourth-order valence-corrected chi connectivity index (χ4v) is 1.98. The molecule has 0 saturated heterocycles. The van der Waals surface area contributed by atoms with Gasteiger partial charge in [-0.1, -0.05) is 49.4 Å². The molecule has 0 fully saturated rings. The van der Waals surface area contributed by atoms with E-state index < -0.39 is 11.6 Å². The first-order chi connectivity index (χ1) is 9.11. The number of carbonyl (C=O) groups is 2. The summed E-state index contributed by atoms with van der Waals surface area (Å²) in [5.41, 5.74) is 3.73. The first kappa shape index (κ1) is 13.2. The van der Waals surface area contributed by atoms with E-state index >= 15 is 0 Å². The van der Waals surface area contributed by atoms with Gasteiger partial charge in [-0.15, -0.1) is 0 Å². The fraction of sp³-hybridized carbons (Fsp3) is 0.176.